The molecule has 110 valence electrons. The Morgan fingerprint density at radius 1 is 1.14 bits per heavy atom. The summed E-state index contributed by atoms with van der Waals surface area (Å²) in [4.78, 5) is 17.4. The minimum absolute atomic E-state index is 0.0945. The maximum absolute atomic E-state index is 12.8. The Morgan fingerprint density at radius 3 is 2.55 bits per heavy atom. The van der Waals surface area contributed by atoms with E-state index >= 15 is 0 Å². The van der Waals surface area contributed by atoms with Crippen molar-refractivity contribution in [3.63, 3.8) is 0 Å². The number of thioether (sulfide) groups is 1. The van der Waals surface area contributed by atoms with Crippen molar-refractivity contribution in [2.24, 2.45) is 5.73 Å². The second-order valence-electron chi connectivity index (χ2n) is 4.71. The lowest BCUT2D eigenvalue weighted by Crippen LogP contribution is -2.43. The van der Waals surface area contributed by atoms with Crippen LogP contribution in [-0.4, -0.2) is 14.7 Å². The average molecular weight is 311 g/mol. The lowest BCUT2D eigenvalue weighted by atomic mass is 10.2. The van der Waals surface area contributed by atoms with E-state index in [0.29, 0.717) is 22.5 Å². The molecule has 3 aromatic rings. The van der Waals surface area contributed by atoms with Crippen molar-refractivity contribution in [2.45, 2.75) is 5.75 Å². The number of hydrogen-bond acceptors (Lipinski definition) is 3. The maximum Gasteiger partial charge on any atom is 0.300 e. The number of amidine groups is 1. The Hall–Kier alpha value is -2.60. The van der Waals surface area contributed by atoms with Crippen LogP contribution in [0.1, 0.15) is 5.82 Å². The molecule has 0 spiro atoms. The van der Waals surface area contributed by atoms with Crippen LogP contribution in [0.3, 0.4) is 0 Å². The zero-order valence-electron chi connectivity index (χ0n) is 11.8. The van der Waals surface area contributed by atoms with Gasteiger partial charge in [0.25, 0.3) is 10.7 Å². The van der Waals surface area contributed by atoms with Crippen LogP contribution >= 0.6 is 11.8 Å². The second kappa shape index (κ2) is 6.03. The molecule has 6 heteroatoms. The molecular formula is C16H15N4OS+. The second-order valence-corrected chi connectivity index (χ2v) is 5.76. The fourth-order valence-electron chi connectivity index (χ4n) is 2.27. The number of aromatic nitrogens is 2. The van der Waals surface area contributed by atoms with Crippen LogP contribution in [0.2, 0.25) is 0 Å². The first kappa shape index (κ1) is 14.3. The summed E-state index contributed by atoms with van der Waals surface area (Å²) in [5, 5.41) is 6.36. The molecule has 0 bridgehead atoms. The highest BCUT2D eigenvalue weighted by molar-refractivity contribution is 8.12. The molecule has 0 amide bonds. The Morgan fingerprint density at radius 2 is 1.82 bits per heavy atom. The van der Waals surface area contributed by atoms with Crippen LogP contribution in [0, 0.1) is 0 Å². The Balaban J connectivity index is 2.26. The number of nitrogens with two attached hydrogens (primary N) is 2. The lowest BCUT2D eigenvalue weighted by molar-refractivity contribution is -0.110. The van der Waals surface area contributed by atoms with E-state index in [1.165, 1.54) is 11.8 Å². The van der Waals surface area contributed by atoms with Crippen LogP contribution < -0.4 is 16.7 Å². The van der Waals surface area contributed by atoms with Crippen molar-refractivity contribution >= 4 is 27.8 Å². The first-order valence-corrected chi connectivity index (χ1v) is 7.72. The molecule has 0 atom stereocenters. The van der Waals surface area contributed by atoms with Crippen LogP contribution in [0.15, 0.2) is 59.4 Å². The van der Waals surface area contributed by atoms with E-state index in [-0.39, 0.29) is 10.7 Å². The smallest absolute Gasteiger partial charge is 0.282 e. The molecule has 2 aromatic carbocycles. The minimum atomic E-state index is -0.0945. The number of rotatable bonds is 3. The predicted molar refractivity (Wildman–Crippen MR) is 89.8 cm³/mol. The molecule has 0 saturated heterocycles. The molecule has 0 radical (unpaired) electrons. The van der Waals surface area contributed by atoms with Crippen LogP contribution in [0.4, 0.5) is 0 Å². The van der Waals surface area contributed by atoms with Crippen LogP contribution in [-0.2, 0) is 5.75 Å². The van der Waals surface area contributed by atoms with Crippen molar-refractivity contribution in [3.05, 3.63) is 70.8 Å². The molecule has 4 N–H and O–H groups in total. The highest BCUT2D eigenvalue weighted by atomic mass is 32.2. The third-order valence-electron chi connectivity index (χ3n) is 3.23. The zero-order valence-corrected chi connectivity index (χ0v) is 12.6. The Kier molecular flexibility index (Phi) is 3.93. The Bertz CT molecular complexity index is 890. The molecule has 0 aliphatic heterocycles. The summed E-state index contributed by atoms with van der Waals surface area (Å²) in [6.45, 7) is 0. The number of benzene rings is 2. The van der Waals surface area contributed by atoms with Crippen molar-refractivity contribution in [2.75, 3.05) is 0 Å². The van der Waals surface area contributed by atoms with E-state index in [1.54, 1.807) is 10.6 Å². The monoisotopic (exact) mass is 311 g/mol. The molecular weight excluding hydrogens is 296 g/mol. The summed E-state index contributed by atoms with van der Waals surface area (Å²) in [5.41, 5.74) is 6.87. The van der Waals surface area contributed by atoms with Gasteiger partial charge in [-0.1, -0.05) is 30.3 Å². The third kappa shape index (κ3) is 2.73. The summed E-state index contributed by atoms with van der Waals surface area (Å²) in [6, 6.07) is 16.7. The topological polar surface area (TPSA) is 86.5 Å². The largest absolute Gasteiger partial charge is 0.300 e. The predicted octanol–water partition coefficient (Wildman–Crippen LogP) is 0.693. The van der Waals surface area contributed by atoms with Gasteiger partial charge in [-0.2, -0.15) is 0 Å². The van der Waals surface area contributed by atoms with Gasteiger partial charge in [0.2, 0.25) is 0 Å². The first-order chi connectivity index (χ1) is 10.7. The summed E-state index contributed by atoms with van der Waals surface area (Å²) in [5.74, 6) is 1.05. The molecule has 1 heterocycles. The van der Waals surface area contributed by atoms with E-state index < -0.39 is 0 Å². The molecule has 3 rings (SSSR count). The molecule has 1 aromatic heterocycles. The fraction of sp³-hybridized carbons (Fsp3) is 0.0625. The van der Waals surface area contributed by atoms with E-state index in [4.69, 9.17) is 11.1 Å². The molecule has 0 saturated carbocycles. The highest BCUT2D eigenvalue weighted by Gasteiger charge is 2.13. The average Bonchev–Trinajstić information content (AvgIpc) is 2.54. The van der Waals surface area contributed by atoms with E-state index in [0.717, 1.165) is 5.69 Å². The van der Waals surface area contributed by atoms with E-state index in [9.17, 15) is 4.79 Å². The molecule has 0 unspecified atom stereocenters. The minimum Gasteiger partial charge on any atom is -0.282 e. The molecule has 0 fully saturated rings. The van der Waals surface area contributed by atoms with Gasteiger partial charge < -0.3 is 0 Å². The summed E-state index contributed by atoms with van der Waals surface area (Å²) >= 11 is 1.26. The van der Waals surface area contributed by atoms with Crippen molar-refractivity contribution in [1.82, 2.24) is 9.55 Å². The van der Waals surface area contributed by atoms with E-state index in [2.05, 4.69) is 4.98 Å². The summed E-state index contributed by atoms with van der Waals surface area (Å²) in [7, 11) is 0. The Labute approximate surface area is 131 Å². The summed E-state index contributed by atoms with van der Waals surface area (Å²) in [6.07, 6.45) is 0. The van der Waals surface area contributed by atoms with Gasteiger partial charge in [0, 0.05) is 0 Å². The normalized spacial score (nSPS) is 10.7. The van der Waals surface area contributed by atoms with Gasteiger partial charge in [0.1, 0.15) is 5.82 Å². The molecule has 0 aliphatic rings. The fourth-order valence-corrected chi connectivity index (χ4v) is 2.76. The zero-order chi connectivity index (χ0) is 15.5. The standard InChI is InChI=1S/C16H14N4OS/c17-16(18)22-10-14-19-13-9-5-4-8-12(13)15(21)20(14)11-6-2-1-3-7-11/h1-9H,10H2,(H3,17,18)/p+1. The number of para-hydroxylation sites is 2. The summed E-state index contributed by atoms with van der Waals surface area (Å²) < 4.78 is 1.61. The lowest BCUT2D eigenvalue weighted by Gasteiger charge is -2.12. The van der Waals surface area contributed by atoms with Gasteiger partial charge in [-0.3, -0.25) is 20.5 Å². The van der Waals surface area contributed by atoms with Crippen molar-refractivity contribution < 1.29 is 5.41 Å². The number of hydrogen-bond donors (Lipinski definition) is 2. The maximum atomic E-state index is 12.8. The number of fused-ring (bicyclic) bond motifs is 1. The third-order valence-corrected chi connectivity index (χ3v) is 3.96. The molecule has 22 heavy (non-hydrogen) atoms. The van der Waals surface area contributed by atoms with Gasteiger partial charge in [-0.25, -0.2) is 4.98 Å². The van der Waals surface area contributed by atoms with Gasteiger partial charge in [-0.15, -0.1) is 0 Å². The van der Waals surface area contributed by atoms with Gasteiger partial charge >= 0.3 is 0 Å². The van der Waals surface area contributed by atoms with Crippen LogP contribution in [0.5, 0.6) is 0 Å². The first-order valence-electron chi connectivity index (χ1n) is 6.73. The molecule has 0 aliphatic carbocycles. The van der Waals surface area contributed by atoms with Crippen molar-refractivity contribution in [3.8, 4) is 5.69 Å². The number of nitrogens with zero attached hydrogens (tertiary/aromatic N) is 2. The van der Waals surface area contributed by atoms with Crippen LogP contribution in [0.25, 0.3) is 16.6 Å². The van der Waals surface area contributed by atoms with Crippen molar-refractivity contribution in [1.29, 1.82) is 0 Å². The van der Waals surface area contributed by atoms with Gasteiger partial charge in [0.05, 0.1) is 22.3 Å². The quantitative estimate of drug-likeness (QED) is 0.550. The molecule has 5 nitrogen and oxygen atoms in total. The van der Waals surface area contributed by atoms with E-state index in [1.807, 2.05) is 48.5 Å². The SMILES string of the molecule is NC(=[NH2+])SCc1nc2ccccc2c(=O)n1-c1ccccc1. The highest BCUT2D eigenvalue weighted by Crippen LogP contribution is 2.16. The van der Waals surface area contributed by atoms with Gasteiger partial charge in [0.15, 0.2) is 0 Å². The van der Waals surface area contributed by atoms with Gasteiger partial charge in [-0.05, 0) is 36.0 Å².